The van der Waals surface area contributed by atoms with Crippen molar-refractivity contribution in [3.05, 3.63) is 34.8 Å². The van der Waals surface area contributed by atoms with Gasteiger partial charge in [0.05, 0.1) is 43.8 Å². The fourth-order valence-electron chi connectivity index (χ4n) is 6.02. The number of carbonyl (C=O) groups excluding carboxylic acids is 2. The molecule has 1 unspecified atom stereocenters. The van der Waals surface area contributed by atoms with E-state index in [0.29, 0.717) is 36.1 Å². The number of likely N-dealkylation sites (tertiary alicyclic amines) is 1. The maximum Gasteiger partial charge on any atom is 0.352 e. The Labute approximate surface area is 196 Å². The van der Waals surface area contributed by atoms with Crippen LogP contribution in [0.1, 0.15) is 37.0 Å². The highest BCUT2D eigenvalue weighted by Gasteiger charge is 2.60. The van der Waals surface area contributed by atoms with Gasteiger partial charge in [-0.2, -0.15) is 0 Å². The maximum absolute atomic E-state index is 14.2. The number of carbonyl (C=O) groups is 3. The molecule has 0 bridgehead atoms. The summed E-state index contributed by atoms with van der Waals surface area (Å²) in [6, 6.07) is 1.86. The number of Topliss-reactive ketones (excluding diaryl/α,β-unsaturated/α-hetero) is 1. The van der Waals surface area contributed by atoms with Gasteiger partial charge < -0.3 is 29.8 Å². The van der Waals surface area contributed by atoms with Crippen LogP contribution in [0.4, 0.5) is 4.39 Å². The van der Waals surface area contributed by atoms with Crippen molar-refractivity contribution in [1.29, 1.82) is 0 Å². The number of carboxylic acid groups (broad SMARTS) is 1. The number of hydrogen-bond donors (Lipinski definition) is 4. The van der Waals surface area contributed by atoms with Gasteiger partial charge >= 0.3 is 5.97 Å². The van der Waals surface area contributed by atoms with Crippen LogP contribution in [-0.4, -0.2) is 86.3 Å². The number of rotatable bonds is 7. The SMILES string of the molecule is C[C@@H](O)[C@H]1C(=O)N2C(C(=O)O)=C(C[N+]3(C)CC[C@@H](CC(=O)c4ccc(O)c(O)c4F)C3)[C@H](C)[C@H]12. The zero-order valence-corrected chi connectivity index (χ0v) is 19.4. The summed E-state index contributed by atoms with van der Waals surface area (Å²) in [7, 11) is 1.97. The molecule has 184 valence electrons. The standard InChI is InChI=1S/C24H29FN2O7/c1-11-15(21(24(33)34)26-20(11)18(12(2)28)23(26)32)10-27(3)7-6-13(9-27)8-17(30)14-4-5-16(29)22(31)19(14)25/h4-5,11-13,18,20,28H,6-10H2,1-3H3,(H2-,29,30,31,33,34)/p+1/t11-,12+,13-,18+,20+,27?/m0/s1. The number of aliphatic hydroxyl groups is 1. The first kappa shape index (κ1) is 24.2. The summed E-state index contributed by atoms with van der Waals surface area (Å²) >= 11 is 0. The molecule has 4 rings (SSSR count). The monoisotopic (exact) mass is 477 g/mol. The van der Waals surface area contributed by atoms with Crippen LogP contribution in [0.3, 0.4) is 0 Å². The van der Waals surface area contributed by atoms with E-state index in [1.165, 1.54) is 11.8 Å². The summed E-state index contributed by atoms with van der Waals surface area (Å²) < 4.78 is 14.7. The number of phenolic OH excluding ortho intramolecular Hbond substituents is 2. The molecule has 0 aliphatic carbocycles. The molecule has 0 saturated carbocycles. The first-order valence-corrected chi connectivity index (χ1v) is 11.4. The van der Waals surface area contributed by atoms with Crippen molar-refractivity contribution < 1.29 is 43.7 Å². The van der Waals surface area contributed by atoms with Crippen LogP contribution in [0.5, 0.6) is 11.5 Å². The van der Waals surface area contributed by atoms with Crippen LogP contribution in [0.2, 0.25) is 0 Å². The molecular formula is C24H30FN2O7+. The molecule has 4 N–H and O–H groups in total. The largest absolute Gasteiger partial charge is 0.504 e. The lowest BCUT2D eigenvalue weighted by atomic mass is 9.77. The Balaban J connectivity index is 1.49. The molecule has 10 heteroatoms. The summed E-state index contributed by atoms with van der Waals surface area (Å²) in [6.07, 6.45) is -0.121. The number of ketones is 1. The molecular weight excluding hydrogens is 447 g/mol. The molecule has 2 saturated heterocycles. The maximum atomic E-state index is 14.2. The molecule has 34 heavy (non-hydrogen) atoms. The zero-order valence-electron chi connectivity index (χ0n) is 19.4. The lowest BCUT2D eigenvalue weighted by Gasteiger charge is -2.46. The van der Waals surface area contributed by atoms with Gasteiger partial charge in [-0.15, -0.1) is 0 Å². The van der Waals surface area contributed by atoms with E-state index in [1.54, 1.807) is 0 Å². The summed E-state index contributed by atoms with van der Waals surface area (Å²) in [5.74, 6) is -5.63. The molecule has 3 aliphatic rings. The molecule has 6 atom stereocenters. The lowest BCUT2D eigenvalue weighted by Crippen LogP contribution is -2.63. The molecule has 0 spiro atoms. The van der Waals surface area contributed by atoms with Crippen LogP contribution in [0.25, 0.3) is 0 Å². The van der Waals surface area contributed by atoms with Gasteiger partial charge in [-0.25, -0.2) is 9.18 Å². The van der Waals surface area contributed by atoms with Gasteiger partial charge in [0.15, 0.2) is 23.1 Å². The van der Waals surface area contributed by atoms with Gasteiger partial charge in [-0.3, -0.25) is 9.59 Å². The van der Waals surface area contributed by atoms with E-state index in [2.05, 4.69) is 0 Å². The van der Waals surface area contributed by atoms with Crippen LogP contribution < -0.4 is 0 Å². The second kappa shape index (κ2) is 8.35. The Morgan fingerprint density at radius 3 is 2.59 bits per heavy atom. The van der Waals surface area contributed by atoms with E-state index < -0.39 is 41.1 Å². The van der Waals surface area contributed by atoms with Gasteiger partial charge in [0.25, 0.3) is 0 Å². The molecule has 2 fully saturated rings. The molecule has 0 aromatic heterocycles. The van der Waals surface area contributed by atoms with Gasteiger partial charge in [0.2, 0.25) is 5.91 Å². The normalized spacial score (nSPS) is 31.4. The van der Waals surface area contributed by atoms with Gasteiger partial charge in [0, 0.05) is 30.3 Å². The predicted octanol–water partition coefficient (Wildman–Crippen LogP) is 1.47. The Morgan fingerprint density at radius 1 is 1.29 bits per heavy atom. The summed E-state index contributed by atoms with van der Waals surface area (Å²) in [6.45, 7) is 5.07. The molecule has 3 aliphatic heterocycles. The predicted molar refractivity (Wildman–Crippen MR) is 117 cm³/mol. The van der Waals surface area contributed by atoms with Crippen LogP contribution in [-0.2, 0) is 9.59 Å². The van der Waals surface area contributed by atoms with E-state index in [0.717, 1.165) is 12.1 Å². The fourth-order valence-corrected chi connectivity index (χ4v) is 6.02. The smallest absolute Gasteiger partial charge is 0.352 e. The minimum Gasteiger partial charge on any atom is -0.504 e. The first-order chi connectivity index (χ1) is 15.9. The molecule has 1 aromatic rings. The van der Waals surface area contributed by atoms with Gasteiger partial charge in [0.1, 0.15) is 12.2 Å². The number of β-lactam (4-membered cyclic amide) rings is 1. The van der Waals surface area contributed by atoms with Crippen molar-refractivity contribution in [3.8, 4) is 11.5 Å². The first-order valence-electron chi connectivity index (χ1n) is 11.4. The third kappa shape index (κ3) is 3.74. The fraction of sp³-hybridized carbons (Fsp3) is 0.542. The number of hydrogen-bond acceptors (Lipinski definition) is 6. The summed E-state index contributed by atoms with van der Waals surface area (Å²) in [5, 5.41) is 38.8. The minimum atomic E-state index is -1.16. The Morgan fingerprint density at radius 2 is 1.97 bits per heavy atom. The van der Waals surface area contributed by atoms with Crippen LogP contribution in [0.15, 0.2) is 23.4 Å². The van der Waals surface area contributed by atoms with Crippen molar-refractivity contribution in [2.45, 2.75) is 38.8 Å². The molecule has 1 amide bonds. The van der Waals surface area contributed by atoms with Crippen molar-refractivity contribution in [2.75, 3.05) is 26.7 Å². The molecule has 9 nitrogen and oxygen atoms in total. The van der Waals surface area contributed by atoms with E-state index in [-0.39, 0.29) is 41.5 Å². The average molecular weight is 478 g/mol. The molecule has 0 radical (unpaired) electrons. The van der Waals surface area contributed by atoms with E-state index in [4.69, 9.17) is 0 Å². The van der Waals surface area contributed by atoms with Crippen LogP contribution in [0, 0.1) is 23.6 Å². The number of fused-ring (bicyclic) bond motifs is 1. The highest BCUT2D eigenvalue weighted by Crippen LogP contribution is 2.48. The van der Waals surface area contributed by atoms with Crippen LogP contribution >= 0.6 is 0 Å². The number of aliphatic carboxylic acids is 1. The summed E-state index contributed by atoms with van der Waals surface area (Å²) in [4.78, 5) is 38.6. The Bertz CT molecular complexity index is 1100. The topological polar surface area (TPSA) is 135 Å². The van der Waals surface area contributed by atoms with E-state index >= 15 is 0 Å². The second-order valence-electron chi connectivity index (χ2n) is 10.2. The van der Waals surface area contributed by atoms with Gasteiger partial charge in [-0.05, 0) is 19.1 Å². The highest BCUT2D eigenvalue weighted by molar-refractivity contribution is 6.00. The zero-order chi connectivity index (χ0) is 25.1. The Kier molecular flexibility index (Phi) is 5.93. The quantitative estimate of drug-likeness (QED) is 0.202. The number of nitrogens with zero attached hydrogens (tertiary/aromatic N) is 2. The van der Waals surface area contributed by atoms with Gasteiger partial charge in [-0.1, -0.05) is 6.92 Å². The second-order valence-corrected chi connectivity index (χ2v) is 10.2. The number of likely N-dealkylation sites (N-methyl/N-ethyl adjacent to an activating group) is 1. The number of amides is 1. The lowest BCUT2D eigenvalue weighted by molar-refractivity contribution is -0.894. The van der Waals surface area contributed by atoms with Crippen molar-refractivity contribution in [2.24, 2.45) is 17.8 Å². The average Bonchev–Trinajstić information content (AvgIpc) is 3.22. The van der Waals surface area contributed by atoms with E-state index in [9.17, 15) is 39.2 Å². The number of aliphatic hydroxyl groups excluding tert-OH is 1. The number of halogens is 1. The van der Waals surface area contributed by atoms with E-state index in [1.807, 2.05) is 14.0 Å². The summed E-state index contributed by atoms with van der Waals surface area (Å²) in [5.41, 5.74) is 0.390. The van der Waals surface area contributed by atoms with Crippen molar-refractivity contribution in [1.82, 2.24) is 4.90 Å². The van der Waals surface area contributed by atoms with Crippen molar-refractivity contribution >= 4 is 17.7 Å². The molecule has 3 heterocycles. The third-order valence-electron chi connectivity index (χ3n) is 7.72. The minimum absolute atomic E-state index is 0.0000779. The number of benzene rings is 1. The number of carboxylic acids is 1. The number of aromatic hydroxyl groups is 2. The number of quaternary nitrogens is 1. The highest BCUT2D eigenvalue weighted by atomic mass is 19.1. The number of phenols is 2. The van der Waals surface area contributed by atoms with Crippen molar-refractivity contribution in [3.63, 3.8) is 0 Å². The third-order valence-corrected chi connectivity index (χ3v) is 7.72. The molecule has 1 aromatic carbocycles. The Hall–Kier alpha value is -2.98.